The van der Waals surface area contributed by atoms with Gasteiger partial charge in [-0.1, -0.05) is 6.07 Å². The van der Waals surface area contributed by atoms with Gasteiger partial charge in [0.25, 0.3) is 5.91 Å². The van der Waals surface area contributed by atoms with Gasteiger partial charge in [-0.15, -0.1) is 0 Å². The number of hydrogen-bond acceptors (Lipinski definition) is 3. The lowest BCUT2D eigenvalue weighted by Crippen LogP contribution is -2.52. The third kappa shape index (κ3) is 2.16. The van der Waals surface area contributed by atoms with Gasteiger partial charge in [-0.3, -0.25) is 19.7 Å². The monoisotopic (exact) mass is 271 g/mol. The lowest BCUT2D eigenvalue weighted by Gasteiger charge is -2.21. The Kier molecular flexibility index (Phi) is 2.98. The summed E-state index contributed by atoms with van der Waals surface area (Å²) in [5.41, 5.74) is 1.37. The predicted molar refractivity (Wildman–Crippen MR) is 71.0 cm³/mol. The lowest BCUT2D eigenvalue weighted by molar-refractivity contribution is -0.134. The van der Waals surface area contributed by atoms with E-state index in [1.807, 2.05) is 24.3 Å². The van der Waals surface area contributed by atoms with E-state index in [1.165, 1.54) is 0 Å². The van der Waals surface area contributed by atoms with Crippen molar-refractivity contribution >= 4 is 23.2 Å². The number of hydrogen-bond donors (Lipinski definition) is 2. The van der Waals surface area contributed by atoms with Crippen molar-refractivity contribution in [1.82, 2.24) is 15.0 Å². The van der Waals surface area contributed by atoms with E-state index in [1.54, 1.807) is 16.7 Å². The van der Waals surface area contributed by atoms with Crippen LogP contribution in [0.25, 0.3) is 5.52 Å². The molecule has 20 heavy (non-hydrogen) atoms. The molecule has 6 nitrogen and oxygen atoms in total. The molecule has 1 fully saturated rings. The minimum Gasteiger partial charge on any atom is -0.339 e. The van der Waals surface area contributed by atoms with Crippen molar-refractivity contribution in [3.05, 3.63) is 42.2 Å². The molecule has 1 aliphatic heterocycles. The van der Waals surface area contributed by atoms with Crippen molar-refractivity contribution in [3.8, 4) is 0 Å². The molecule has 0 spiro atoms. The Balaban J connectivity index is 1.80. The van der Waals surface area contributed by atoms with Gasteiger partial charge in [0.05, 0.1) is 0 Å². The van der Waals surface area contributed by atoms with Crippen LogP contribution < -0.4 is 10.6 Å². The van der Waals surface area contributed by atoms with Gasteiger partial charge in [0.15, 0.2) is 0 Å². The Labute approximate surface area is 114 Å². The number of imide groups is 1. The van der Waals surface area contributed by atoms with Crippen LogP contribution >= 0.6 is 0 Å². The van der Waals surface area contributed by atoms with Crippen molar-refractivity contribution in [3.63, 3.8) is 0 Å². The number of nitrogens with one attached hydrogen (secondary N) is 2. The molecule has 1 saturated heterocycles. The first-order valence-electron chi connectivity index (χ1n) is 6.36. The number of nitrogens with zero attached hydrogens (tertiary/aromatic N) is 1. The summed E-state index contributed by atoms with van der Waals surface area (Å²) in [6, 6.07) is 8.49. The van der Waals surface area contributed by atoms with E-state index < -0.39 is 11.9 Å². The maximum Gasteiger partial charge on any atom is 0.268 e. The van der Waals surface area contributed by atoms with Crippen LogP contribution in [0.15, 0.2) is 36.5 Å². The summed E-state index contributed by atoms with van der Waals surface area (Å²) in [6.45, 7) is 0. The van der Waals surface area contributed by atoms with Crippen molar-refractivity contribution < 1.29 is 14.4 Å². The van der Waals surface area contributed by atoms with Crippen LogP contribution in [-0.2, 0) is 9.59 Å². The standard InChI is InChI=1S/C14H13N3O3/c18-12-7-5-10(13(19)16-12)15-14(20)11-6-4-9-3-1-2-8-17(9)11/h1-4,6,8,10H,5,7H2,(H,15,20)(H,16,18,19)/t10-/m1/s1. The van der Waals surface area contributed by atoms with E-state index in [0.717, 1.165) is 5.52 Å². The first-order chi connectivity index (χ1) is 9.65. The van der Waals surface area contributed by atoms with Crippen LogP contribution in [0.4, 0.5) is 0 Å². The molecule has 6 heteroatoms. The number of aromatic nitrogens is 1. The van der Waals surface area contributed by atoms with Crippen molar-refractivity contribution in [1.29, 1.82) is 0 Å². The molecule has 0 bridgehead atoms. The molecule has 2 N–H and O–H groups in total. The lowest BCUT2D eigenvalue weighted by atomic mass is 10.1. The minimum atomic E-state index is -0.658. The minimum absolute atomic E-state index is 0.242. The molecular weight excluding hydrogens is 258 g/mol. The van der Waals surface area contributed by atoms with Gasteiger partial charge in [0, 0.05) is 18.1 Å². The summed E-state index contributed by atoms with van der Waals surface area (Å²) in [6.07, 6.45) is 2.36. The highest BCUT2D eigenvalue weighted by molar-refractivity contribution is 6.03. The van der Waals surface area contributed by atoms with Crippen LogP contribution in [0.5, 0.6) is 0 Å². The highest BCUT2D eigenvalue weighted by Crippen LogP contribution is 2.11. The average molecular weight is 271 g/mol. The van der Waals surface area contributed by atoms with Crippen LogP contribution in [0.3, 0.4) is 0 Å². The normalized spacial score (nSPS) is 18.9. The summed E-state index contributed by atoms with van der Waals surface area (Å²) < 4.78 is 1.75. The van der Waals surface area contributed by atoms with Gasteiger partial charge < -0.3 is 9.72 Å². The molecular formula is C14H13N3O3. The highest BCUT2D eigenvalue weighted by Gasteiger charge is 2.28. The molecule has 0 unspecified atom stereocenters. The van der Waals surface area contributed by atoms with Crippen molar-refractivity contribution in [2.75, 3.05) is 0 Å². The van der Waals surface area contributed by atoms with Crippen LogP contribution in [0, 0.1) is 0 Å². The average Bonchev–Trinajstić information content (AvgIpc) is 2.86. The molecule has 1 atom stereocenters. The summed E-state index contributed by atoms with van der Waals surface area (Å²) in [7, 11) is 0. The Bertz CT molecular complexity index is 705. The third-order valence-corrected chi connectivity index (χ3v) is 3.34. The number of piperidine rings is 1. The number of fused-ring (bicyclic) bond motifs is 1. The molecule has 2 aromatic heterocycles. The molecule has 3 heterocycles. The third-order valence-electron chi connectivity index (χ3n) is 3.34. The van der Waals surface area contributed by atoms with Gasteiger partial charge in [-0.05, 0) is 30.7 Å². The van der Waals surface area contributed by atoms with E-state index in [9.17, 15) is 14.4 Å². The molecule has 0 radical (unpaired) electrons. The van der Waals surface area contributed by atoms with Crippen LogP contribution in [0.1, 0.15) is 23.3 Å². The number of amides is 3. The van der Waals surface area contributed by atoms with Gasteiger partial charge in [0.2, 0.25) is 11.8 Å². The van der Waals surface area contributed by atoms with E-state index in [0.29, 0.717) is 12.1 Å². The zero-order valence-electron chi connectivity index (χ0n) is 10.6. The zero-order valence-corrected chi connectivity index (χ0v) is 10.6. The van der Waals surface area contributed by atoms with Gasteiger partial charge in [0.1, 0.15) is 11.7 Å². The number of pyridine rings is 1. The highest BCUT2D eigenvalue weighted by atomic mass is 16.2. The Morgan fingerprint density at radius 3 is 2.90 bits per heavy atom. The first kappa shape index (κ1) is 12.4. The van der Waals surface area contributed by atoms with E-state index >= 15 is 0 Å². The fourth-order valence-corrected chi connectivity index (χ4v) is 2.30. The molecule has 0 aliphatic carbocycles. The molecule has 2 aromatic rings. The quantitative estimate of drug-likeness (QED) is 0.779. The Hall–Kier alpha value is -2.63. The maximum atomic E-state index is 12.2. The summed E-state index contributed by atoms with van der Waals surface area (Å²) >= 11 is 0. The molecule has 102 valence electrons. The Morgan fingerprint density at radius 1 is 1.25 bits per heavy atom. The topological polar surface area (TPSA) is 79.7 Å². The van der Waals surface area contributed by atoms with E-state index in [4.69, 9.17) is 0 Å². The van der Waals surface area contributed by atoms with Crippen LogP contribution in [0.2, 0.25) is 0 Å². The van der Waals surface area contributed by atoms with Crippen molar-refractivity contribution in [2.24, 2.45) is 0 Å². The van der Waals surface area contributed by atoms with Crippen LogP contribution in [-0.4, -0.2) is 28.2 Å². The zero-order chi connectivity index (χ0) is 14.1. The fourth-order valence-electron chi connectivity index (χ4n) is 2.30. The summed E-state index contributed by atoms with van der Waals surface area (Å²) in [5.74, 6) is -1.07. The predicted octanol–water partition coefficient (Wildman–Crippen LogP) is 0.474. The maximum absolute atomic E-state index is 12.2. The van der Waals surface area contributed by atoms with Gasteiger partial charge in [-0.2, -0.15) is 0 Å². The number of rotatable bonds is 2. The molecule has 1 aliphatic rings. The summed E-state index contributed by atoms with van der Waals surface area (Å²) in [5, 5.41) is 4.88. The molecule has 3 amide bonds. The number of carbonyl (C=O) groups is 3. The van der Waals surface area contributed by atoms with E-state index in [-0.39, 0.29) is 18.2 Å². The molecule has 3 rings (SSSR count). The SMILES string of the molecule is O=C1CC[C@@H](NC(=O)c2ccc3ccccn23)C(=O)N1. The first-order valence-corrected chi connectivity index (χ1v) is 6.36. The second-order valence-electron chi connectivity index (χ2n) is 4.69. The number of carbonyl (C=O) groups excluding carboxylic acids is 3. The Morgan fingerprint density at radius 2 is 2.10 bits per heavy atom. The van der Waals surface area contributed by atoms with Gasteiger partial charge in [-0.25, -0.2) is 0 Å². The second kappa shape index (κ2) is 4.80. The van der Waals surface area contributed by atoms with Crippen molar-refractivity contribution in [2.45, 2.75) is 18.9 Å². The summed E-state index contributed by atoms with van der Waals surface area (Å²) in [4.78, 5) is 34.9. The van der Waals surface area contributed by atoms with Gasteiger partial charge >= 0.3 is 0 Å². The largest absolute Gasteiger partial charge is 0.339 e. The molecule has 0 aromatic carbocycles. The second-order valence-corrected chi connectivity index (χ2v) is 4.69. The smallest absolute Gasteiger partial charge is 0.268 e. The fraction of sp³-hybridized carbons (Fsp3) is 0.214. The van der Waals surface area contributed by atoms with E-state index in [2.05, 4.69) is 10.6 Å². The molecule has 0 saturated carbocycles.